The fraction of sp³-hybridized carbons (Fsp3) is 0.684. The SMILES string of the molecule is Cc1ccc(CC2(CNC(C)(C)C)CC3CC3C2)cc1. The highest BCUT2D eigenvalue weighted by molar-refractivity contribution is 5.23. The lowest BCUT2D eigenvalue weighted by molar-refractivity contribution is 0.222. The first-order valence-electron chi connectivity index (χ1n) is 8.16. The van der Waals surface area contributed by atoms with Crippen molar-refractivity contribution in [1.29, 1.82) is 0 Å². The molecular formula is C19H29N. The zero-order valence-electron chi connectivity index (χ0n) is 13.5. The van der Waals surface area contributed by atoms with Crippen molar-refractivity contribution in [1.82, 2.24) is 5.32 Å². The third kappa shape index (κ3) is 3.25. The van der Waals surface area contributed by atoms with Gasteiger partial charge in [-0.3, -0.25) is 0 Å². The summed E-state index contributed by atoms with van der Waals surface area (Å²) in [5, 5.41) is 3.78. The van der Waals surface area contributed by atoms with E-state index in [2.05, 4.69) is 57.3 Å². The van der Waals surface area contributed by atoms with Gasteiger partial charge in [0.25, 0.3) is 0 Å². The molecule has 3 rings (SSSR count). The first-order valence-corrected chi connectivity index (χ1v) is 8.16. The van der Waals surface area contributed by atoms with Gasteiger partial charge in [0.05, 0.1) is 0 Å². The summed E-state index contributed by atoms with van der Waals surface area (Å²) in [6.45, 7) is 10.2. The first kappa shape index (κ1) is 14.1. The standard InChI is InChI=1S/C19H29N/c1-14-5-7-15(8-6-14)10-19(13-20-18(2,3)4)11-16-9-17(16)12-19/h5-8,16-17,20H,9-13H2,1-4H3. The van der Waals surface area contributed by atoms with E-state index in [1.165, 1.54) is 43.4 Å². The maximum Gasteiger partial charge on any atom is 0.00967 e. The van der Waals surface area contributed by atoms with Gasteiger partial charge in [-0.2, -0.15) is 0 Å². The Morgan fingerprint density at radius 1 is 1.10 bits per heavy atom. The summed E-state index contributed by atoms with van der Waals surface area (Å²) in [6.07, 6.45) is 5.64. The molecule has 20 heavy (non-hydrogen) atoms. The third-order valence-corrected chi connectivity index (χ3v) is 5.15. The predicted molar refractivity (Wildman–Crippen MR) is 85.9 cm³/mol. The average molecular weight is 271 g/mol. The van der Waals surface area contributed by atoms with Gasteiger partial charge in [-0.05, 0) is 76.2 Å². The topological polar surface area (TPSA) is 12.0 Å². The van der Waals surface area contributed by atoms with Gasteiger partial charge >= 0.3 is 0 Å². The molecule has 0 bridgehead atoms. The lowest BCUT2D eigenvalue weighted by Gasteiger charge is -2.35. The van der Waals surface area contributed by atoms with Gasteiger partial charge < -0.3 is 5.32 Å². The number of nitrogens with one attached hydrogen (secondary N) is 1. The molecule has 110 valence electrons. The van der Waals surface area contributed by atoms with E-state index >= 15 is 0 Å². The van der Waals surface area contributed by atoms with Gasteiger partial charge in [0, 0.05) is 12.1 Å². The lowest BCUT2D eigenvalue weighted by Crippen LogP contribution is -2.44. The van der Waals surface area contributed by atoms with E-state index < -0.39 is 0 Å². The zero-order valence-corrected chi connectivity index (χ0v) is 13.5. The van der Waals surface area contributed by atoms with Gasteiger partial charge in [0.15, 0.2) is 0 Å². The van der Waals surface area contributed by atoms with E-state index in [4.69, 9.17) is 0 Å². The molecule has 0 radical (unpaired) electrons. The molecule has 0 saturated heterocycles. The van der Waals surface area contributed by atoms with Crippen molar-refractivity contribution in [3.63, 3.8) is 0 Å². The van der Waals surface area contributed by atoms with E-state index in [1.807, 2.05) is 0 Å². The summed E-state index contributed by atoms with van der Waals surface area (Å²) in [6, 6.07) is 9.18. The molecule has 2 atom stereocenters. The molecule has 1 aromatic carbocycles. The van der Waals surface area contributed by atoms with Crippen LogP contribution in [0.4, 0.5) is 0 Å². The van der Waals surface area contributed by atoms with Crippen molar-refractivity contribution in [2.45, 2.75) is 58.9 Å². The van der Waals surface area contributed by atoms with Gasteiger partial charge in [-0.25, -0.2) is 0 Å². The number of hydrogen-bond acceptors (Lipinski definition) is 1. The van der Waals surface area contributed by atoms with Crippen LogP contribution in [0.2, 0.25) is 0 Å². The van der Waals surface area contributed by atoms with Gasteiger partial charge in [0.1, 0.15) is 0 Å². The Hall–Kier alpha value is -0.820. The molecule has 0 spiro atoms. The Bertz CT molecular complexity index is 456. The van der Waals surface area contributed by atoms with Crippen LogP contribution in [-0.4, -0.2) is 12.1 Å². The highest BCUT2D eigenvalue weighted by Crippen LogP contribution is 2.60. The zero-order chi connectivity index (χ0) is 14.4. The summed E-state index contributed by atoms with van der Waals surface area (Å²) in [4.78, 5) is 0. The highest BCUT2D eigenvalue weighted by Gasteiger charge is 2.53. The quantitative estimate of drug-likeness (QED) is 0.859. The van der Waals surface area contributed by atoms with E-state index in [0.717, 1.165) is 11.8 Å². The van der Waals surface area contributed by atoms with Crippen molar-refractivity contribution in [2.75, 3.05) is 6.54 Å². The molecule has 2 fully saturated rings. The van der Waals surface area contributed by atoms with Crippen LogP contribution in [0.25, 0.3) is 0 Å². The Morgan fingerprint density at radius 3 is 2.25 bits per heavy atom. The van der Waals surface area contributed by atoms with Gasteiger partial charge in [0.2, 0.25) is 0 Å². The minimum Gasteiger partial charge on any atom is -0.312 e. The molecular weight excluding hydrogens is 242 g/mol. The molecule has 2 aliphatic carbocycles. The summed E-state index contributed by atoms with van der Waals surface area (Å²) in [5.41, 5.74) is 3.63. The van der Waals surface area contributed by atoms with Crippen molar-refractivity contribution < 1.29 is 0 Å². The van der Waals surface area contributed by atoms with Crippen molar-refractivity contribution in [3.05, 3.63) is 35.4 Å². The minimum absolute atomic E-state index is 0.229. The van der Waals surface area contributed by atoms with Crippen LogP contribution in [0.5, 0.6) is 0 Å². The molecule has 2 aliphatic rings. The molecule has 0 amide bonds. The first-order chi connectivity index (χ1) is 9.35. The van der Waals surface area contributed by atoms with E-state index in [1.54, 1.807) is 0 Å². The van der Waals surface area contributed by atoms with Crippen LogP contribution in [0.3, 0.4) is 0 Å². The van der Waals surface area contributed by atoms with E-state index in [0.29, 0.717) is 5.41 Å². The molecule has 0 aromatic heterocycles. The maximum absolute atomic E-state index is 3.78. The van der Waals surface area contributed by atoms with Crippen LogP contribution in [-0.2, 0) is 6.42 Å². The van der Waals surface area contributed by atoms with Crippen LogP contribution < -0.4 is 5.32 Å². The van der Waals surface area contributed by atoms with Crippen molar-refractivity contribution >= 4 is 0 Å². The smallest absolute Gasteiger partial charge is 0.00967 e. The maximum atomic E-state index is 3.78. The molecule has 0 aliphatic heterocycles. The van der Waals surface area contributed by atoms with Crippen LogP contribution in [0, 0.1) is 24.2 Å². The second kappa shape index (κ2) is 4.87. The third-order valence-electron chi connectivity index (χ3n) is 5.15. The number of aryl methyl sites for hydroxylation is 1. The predicted octanol–water partition coefficient (Wildman–Crippen LogP) is 4.34. The Labute approximate surface area is 124 Å². The van der Waals surface area contributed by atoms with Crippen molar-refractivity contribution in [2.24, 2.45) is 17.3 Å². The molecule has 1 N–H and O–H groups in total. The van der Waals surface area contributed by atoms with E-state index in [-0.39, 0.29) is 5.54 Å². The second-order valence-electron chi connectivity index (χ2n) is 8.43. The highest BCUT2D eigenvalue weighted by atomic mass is 15.0. The Morgan fingerprint density at radius 2 is 1.70 bits per heavy atom. The van der Waals surface area contributed by atoms with Gasteiger partial charge in [-0.1, -0.05) is 29.8 Å². The number of fused-ring (bicyclic) bond motifs is 1. The summed E-state index contributed by atoms with van der Waals surface area (Å²) in [7, 11) is 0. The normalized spacial score (nSPS) is 32.2. The summed E-state index contributed by atoms with van der Waals surface area (Å²) >= 11 is 0. The fourth-order valence-corrected chi connectivity index (χ4v) is 3.95. The monoisotopic (exact) mass is 271 g/mol. The van der Waals surface area contributed by atoms with Crippen LogP contribution in [0.1, 0.15) is 51.2 Å². The molecule has 1 heteroatoms. The second-order valence-corrected chi connectivity index (χ2v) is 8.43. The largest absolute Gasteiger partial charge is 0.312 e. The molecule has 1 aromatic rings. The van der Waals surface area contributed by atoms with Crippen molar-refractivity contribution in [3.8, 4) is 0 Å². The van der Waals surface area contributed by atoms with Gasteiger partial charge in [-0.15, -0.1) is 0 Å². The fourth-order valence-electron chi connectivity index (χ4n) is 3.95. The number of benzene rings is 1. The molecule has 2 unspecified atom stereocenters. The summed E-state index contributed by atoms with van der Waals surface area (Å²) in [5.74, 6) is 2.09. The Balaban J connectivity index is 1.71. The lowest BCUT2D eigenvalue weighted by atomic mass is 9.77. The van der Waals surface area contributed by atoms with Crippen LogP contribution >= 0.6 is 0 Å². The summed E-state index contributed by atoms with van der Waals surface area (Å²) < 4.78 is 0. The molecule has 1 nitrogen and oxygen atoms in total. The number of rotatable bonds is 4. The number of hydrogen-bond donors (Lipinski definition) is 1. The van der Waals surface area contributed by atoms with E-state index in [9.17, 15) is 0 Å². The average Bonchev–Trinajstić information content (AvgIpc) is 2.98. The molecule has 0 heterocycles. The Kier molecular flexibility index (Phi) is 3.44. The van der Waals surface area contributed by atoms with Crippen LogP contribution in [0.15, 0.2) is 24.3 Å². The minimum atomic E-state index is 0.229. The molecule has 2 saturated carbocycles.